The minimum atomic E-state index is -0.278. The lowest BCUT2D eigenvalue weighted by Crippen LogP contribution is -2.46. The van der Waals surface area contributed by atoms with Gasteiger partial charge in [-0.05, 0) is 30.8 Å². The largest absolute Gasteiger partial charge is 0.493 e. The van der Waals surface area contributed by atoms with Gasteiger partial charge in [-0.15, -0.1) is 0 Å². The molecule has 1 fully saturated rings. The molecule has 1 heterocycles. The Morgan fingerprint density at radius 3 is 2.28 bits per heavy atom. The van der Waals surface area contributed by atoms with Crippen LogP contribution >= 0.6 is 0 Å². The van der Waals surface area contributed by atoms with Gasteiger partial charge in [0.2, 0.25) is 0 Å². The second-order valence-electron chi connectivity index (χ2n) is 5.10. The van der Waals surface area contributed by atoms with E-state index in [0.29, 0.717) is 13.2 Å². The molecule has 1 aromatic carbocycles. The number of hydrogen-bond acceptors (Lipinski definition) is 3. The maximum Gasteiger partial charge on any atom is 0.493 e. The Morgan fingerprint density at radius 1 is 1.22 bits per heavy atom. The number of nitrogens with two attached hydrogens (primary N) is 1. The lowest BCUT2D eigenvalue weighted by Gasteiger charge is -2.29. The summed E-state index contributed by atoms with van der Waals surface area (Å²) in [7, 11) is -0.278. The van der Waals surface area contributed by atoms with Crippen molar-refractivity contribution in [3.63, 3.8) is 0 Å². The predicted octanol–water partition coefficient (Wildman–Crippen LogP) is 1.57. The maximum absolute atomic E-state index is 6.10. The van der Waals surface area contributed by atoms with Gasteiger partial charge in [0.25, 0.3) is 0 Å². The normalized spacial score (nSPS) is 20.0. The summed E-state index contributed by atoms with van der Waals surface area (Å²) in [5.74, 6) is 0. The zero-order valence-corrected chi connectivity index (χ0v) is 10.9. The first-order chi connectivity index (χ1) is 8.61. The molecule has 2 rings (SSSR count). The van der Waals surface area contributed by atoms with E-state index in [9.17, 15) is 0 Å². The lowest BCUT2D eigenvalue weighted by atomic mass is 9.77. The third-order valence-corrected chi connectivity index (χ3v) is 3.33. The molecule has 0 aliphatic carbocycles. The van der Waals surface area contributed by atoms with E-state index in [2.05, 4.69) is 6.58 Å². The highest BCUT2D eigenvalue weighted by atomic mass is 16.6. The second kappa shape index (κ2) is 5.70. The fourth-order valence-corrected chi connectivity index (χ4v) is 1.95. The maximum atomic E-state index is 6.10. The van der Waals surface area contributed by atoms with Crippen molar-refractivity contribution in [2.45, 2.75) is 25.3 Å². The third-order valence-electron chi connectivity index (χ3n) is 3.33. The van der Waals surface area contributed by atoms with Crippen LogP contribution in [0.15, 0.2) is 30.8 Å². The van der Waals surface area contributed by atoms with Crippen molar-refractivity contribution in [1.29, 1.82) is 0 Å². The van der Waals surface area contributed by atoms with Gasteiger partial charge >= 0.3 is 7.12 Å². The SMILES string of the molecule is C=Cc1ccc(B2OCCC(C)(N)CCO2)cc1. The van der Waals surface area contributed by atoms with Gasteiger partial charge in [-0.3, -0.25) is 0 Å². The Hall–Kier alpha value is -1.10. The Kier molecular flexibility index (Phi) is 4.22. The van der Waals surface area contributed by atoms with E-state index in [1.54, 1.807) is 0 Å². The van der Waals surface area contributed by atoms with Crippen molar-refractivity contribution >= 4 is 18.7 Å². The number of benzene rings is 1. The molecule has 0 saturated carbocycles. The van der Waals surface area contributed by atoms with Crippen molar-refractivity contribution in [1.82, 2.24) is 0 Å². The molecule has 3 nitrogen and oxygen atoms in total. The minimum absolute atomic E-state index is 0.183. The standard InChI is InChI=1S/C14H20BNO2/c1-3-12-4-6-13(7-5-12)15-17-10-8-14(2,16)9-11-18-15/h3-7H,1,8-11,16H2,2H3. The summed E-state index contributed by atoms with van der Waals surface area (Å²) in [4.78, 5) is 0. The van der Waals surface area contributed by atoms with Gasteiger partial charge in [0.05, 0.1) is 0 Å². The van der Waals surface area contributed by atoms with Crippen molar-refractivity contribution in [3.8, 4) is 0 Å². The molecular weight excluding hydrogens is 225 g/mol. The first-order valence-electron chi connectivity index (χ1n) is 6.35. The van der Waals surface area contributed by atoms with E-state index in [1.807, 2.05) is 37.3 Å². The predicted molar refractivity (Wildman–Crippen MR) is 75.7 cm³/mol. The van der Waals surface area contributed by atoms with Crippen LogP contribution in [0.5, 0.6) is 0 Å². The van der Waals surface area contributed by atoms with Crippen LogP contribution in [0.3, 0.4) is 0 Å². The van der Waals surface area contributed by atoms with Gasteiger partial charge in [-0.1, -0.05) is 36.9 Å². The zero-order valence-electron chi connectivity index (χ0n) is 10.9. The van der Waals surface area contributed by atoms with Crippen LogP contribution in [0, 0.1) is 0 Å². The van der Waals surface area contributed by atoms with Crippen molar-refractivity contribution < 1.29 is 9.31 Å². The first-order valence-corrected chi connectivity index (χ1v) is 6.35. The second-order valence-corrected chi connectivity index (χ2v) is 5.10. The molecule has 4 heteroatoms. The molecule has 1 aromatic rings. The average molecular weight is 245 g/mol. The topological polar surface area (TPSA) is 44.5 Å². The van der Waals surface area contributed by atoms with Crippen LogP contribution in [-0.4, -0.2) is 25.9 Å². The third kappa shape index (κ3) is 3.45. The summed E-state index contributed by atoms with van der Waals surface area (Å²) in [5.41, 5.74) is 8.05. The Morgan fingerprint density at radius 2 is 1.78 bits per heavy atom. The average Bonchev–Trinajstić information content (AvgIpc) is 2.34. The number of rotatable bonds is 2. The number of hydrogen-bond donors (Lipinski definition) is 1. The molecule has 1 aliphatic heterocycles. The van der Waals surface area contributed by atoms with Crippen LogP contribution in [-0.2, 0) is 9.31 Å². The first kappa shape index (κ1) is 13.3. The molecule has 1 aliphatic rings. The van der Waals surface area contributed by atoms with Crippen molar-refractivity contribution in [3.05, 3.63) is 36.4 Å². The van der Waals surface area contributed by atoms with Crippen LogP contribution < -0.4 is 11.2 Å². The molecule has 0 aromatic heterocycles. The van der Waals surface area contributed by atoms with Gasteiger partial charge in [-0.2, -0.15) is 0 Å². The molecule has 0 unspecified atom stereocenters. The van der Waals surface area contributed by atoms with Gasteiger partial charge in [-0.25, -0.2) is 0 Å². The summed E-state index contributed by atoms with van der Waals surface area (Å²) in [6.45, 7) is 7.03. The Balaban J connectivity index is 2.02. The summed E-state index contributed by atoms with van der Waals surface area (Å²) >= 11 is 0. The van der Waals surface area contributed by atoms with Gasteiger partial charge < -0.3 is 15.0 Å². The van der Waals surface area contributed by atoms with Gasteiger partial charge in [0.1, 0.15) is 0 Å². The van der Waals surface area contributed by atoms with Gasteiger partial charge in [0.15, 0.2) is 0 Å². The van der Waals surface area contributed by atoms with Crippen LogP contribution in [0.4, 0.5) is 0 Å². The highest BCUT2D eigenvalue weighted by Gasteiger charge is 2.27. The zero-order chi connectivity index (χ0) is 13.0. The molecule has 0 amide bonds. The van der Waals surface area contributed by atoms with E-state index in [-0.39, 0.29) is 12.7 Å². The fourth-order valence-electron chi connectivity index (χ4n) is 1.95. The van der Waals surface area contributed by atoms with Crippen LogP contribution in [0.2, 0.25) is 0 Å². The Bertz CT molecular complexity index is 391. The summed E-state index contributed by atoms with van der Waals surface area (Å²) in [6, 6.07) is 8.07. The van der Waals surface area contributed by atoms with E-state index in [4.69, 9.17) is 15.0 Å². The van der Waals surface area contributed by atoms with Gasteiger partial charge in [0, 0.05) is 18.8 Å². The summed E-state index contributed by atoms with van der Waals surface area (Å²) < 4.78 is 11.5. The van der Waals surface area contributed by atoms with Crippen LogP contribution in [0.25, 0.3) is 6.08 Å². The molecule has 2 N–H and O–H groups in total. The molecule has 96 valence electrons. The fraction of sp³-hybridized carbons (Fsp3) is 0.429. The molecule has 1 saturated heterocycles. The smallest absolute Gasteiger partial charge is 0.407 e. The highest BCUT2D eigenvalue weighted by Crippen LogP contribution is 2.14. The molecule has 0 atom stereocenters. The van der Waals surface area contributed by atoms with E-state index < -0.39 is 0 Å². The van der Waals surface area contributed by atoms with Crippen molar-refractivity contribution in [2.75, 3.05) is 13.2 Å². The molecule has 0 spiro atoms. The molecule has 0 bridgehead atoms. The highest BCUT2D eigenvalue weighted by molar-refractivity contribution is 6.61. The summed E-state index contributed by atoms with van der Waals surface area (Å²) in [6.07, 6.45) is 3.54. The Labute approximate surface area is 109 Å². The molecule has 18 heavy (non-hydrogen) atoms. The van der Waals surface area contributed by atoms with E-state index in [0.717, 1.165) is 23.9 Å². The summed E-state index contributed by atoms with van der Waals surface area (Å²) in [5, 5.41) is 0. The quantitative estimate of drug-likeness (QED) is 0.804. The minimum Gasteiger partial charge on any atom is -0.407 e. The van der Waals surface area contributed by atoms with E-state index >= 15 is 0 Å². The van der Waals surface area contributed by atoms with Crippen molar-refractivity contribution in [2.24, 2.45) is 5.73 Å². The lowest BCUT2D eigenvalue weighted by molar-refractivity contribution is 0.143. The monoisotopic (exact) mass is 245 g/mol. The molecule has 0 radical (unpaired) electrons. The van der Waals surface area contributed by atoms with E-state index in [1.165, 1.54) is 0 Å². The molecular formula is C14H20BNO2. The van der Waals surface area contributed by atoms with Crippen LogP contribution in [0.1, 0.15) is 25.3 Å².